The van der Waals surface area contributed by atoms with Crippen molar-refractivity contribution in [1.29, 1.82) is 0 Å². The Kier molecular flexibility index (Phi) is 6.10. The summed E-state index contributed by atoms with van der Waals surface area (Å²) in [5.41, 5.74) is 6.08. The minimum atomic E-state index is -0.421. The third-order valence-electron chi connectivity index (χ3n) is 3.62. The second-order valence-electron chi connectivity index (χ2n) is 5.53. The smallest absolute Gasteiger partial charge is 0.269 e. The predicted molar refractivity (Wildman–Crippen MR) is 104 cm³/mol. The van der Waals surface area contributed by atoms with Crippen LogP contribution in [0, 0.1) is 0 Å². The van der Waals surface area contributed by atoms with E-state index in [1.807, 2.05) is 41.9 Å². The first-order valence-corrected chi connectivity index (χ1v) is 9.33. The minimum absolute atomic E-state index is 0.0850. The summed E-state index contributed by atoms with van der Waals surface area (Å²) < 4.78 is 1.82. The van der Waals surface area contributed by atoms with Crippen molar-refractivity contribution in [2.75, 3.05) is 5.75 Å². The van der Waals surface area contributed by atoms with E-state index in [-0.39, 0.29) is 11.7 Å². The molecule has 1 heterocycles. The van der Waals surface area contributed by atoms with Crippen LogP contribution in [0.5, 0.6) is 0 Å². The van der Waals surface area contributed by atoms with Crippen LogP contribution in [0.4, 0.5) is 0 Å². The van der Waals surface area contributed by atoms with Crippen molar-refractivity contribution in [2.45, 2.75) is 5.16 Å². The average Bonchev–Trinajstić information content (AvgIpc) is 3.06. The normalized spacial score (nSPS) is 10.4. The van der Waals surface area contributed by atoms with Gasteiger partial charge in [-0.25, -0.2) is 0 Å². The second-order valence-corrected chi connectivity index (χ2v) is 6.91. The van der Waals surface area contributed by atoms with Gasteiger partial charge in [0, 0.05) is 23.2 Å². The van der Waals surface area contributed by atoms with Crippen molar-refractivity contribution in [3.8, 4) is 11.4 Å². The summed E-state index contributed by atoms with van der Waals surface area (Å²) in [5.74, 6) is 0.0259. The largest absolute Gasteiger partial charge is 0.305 e. The van der Waals surface area contributed by atoms with Gasteiger partial charge in [0.05, 0.1) is 5.75 Å². The Labute approximate surface area is 165 Å². The van der Waals surface area contributed by atoms with Crippen LogP contribution in [0.1, 0.15) is 10.4 Å². The van der Waals surface area contributed by atoms with Crippen LogP contribution in [0.3, 0.4) is 0 Å². The van der Waals surface area contributed by atoms with Gasteiger partial charge in [-0.1, -0.05) is 53.7 Å². The van der Waals surface area contributed by atoms with Crippen molar-refractivity contribution >= 4 is 35.2 Å². The lowest BCUT2D eigenvalue weighted by molar-refractivity contribution is -0.119. The maximum atomic E-state index is 12.0. The third kappa shape index (κ3) is 4.87. The number of benzene rings is 2. The van der Waals surface area contributed by atoms with Gasteiger partial charge in [0.15, 0.2) is 11.0 Å². The van der Waals surface area contributed by atoms with Crippen LogP contribution in [-0.2, 0) is 11.8 Å². The van der Waals surface area contributed by atoms with Crippen molar-refractivity contribution in [3.63, 3.8) is 0 Å². The zero-order valence-corrected chi connectivity index (χ0v) is 15.9. The van der Waals surface area contributed by atoms with E-state index in [0.29, 0.717) is 15.7 Å². The maximum Gasteiger partial charge on any atom is 0.269 e. The number of nitrogens with zero attached hydrogens (tertiary/aromatic N) is 3. The van der Waals surface area contributed by atoms with Crippen molar-refractivity contribution < 1.29 is 9.59 Å². The van der Waals surface area contributed by atoms with E-state index < -0.39 is 5.91 Å². The average molecular weight is 402 g/mol. The highest BCUT2D eigenvalue weighted by molar-refractivity contribution is 7.99. The molecular formula is C18H16ClN5O2S. The molecule has 2 N–H and O–H groups in total. The van der Waals surface area contributed by atoms with Crippen LogP contribution in [0.15, 0.2) is 59.8 Å². The molecule has 0 saturated carbocycles. The number of hydrazine groups is 1. The molecule has 0 spiro atoms. The quantitative estimate of drug-likeness (QED) is 0.507. The van der Waals surface area contributed by atoms with Crippen LogP contribution < -0.4 is 10.9 Å². The molecule has 0 aliphatic rings. The topological polar surface area (TPSA) is 88.9 Å². The van der Waals surface area contributed by atoms with E-state index >= 15 is 0 Å². The van der Waals surface area contributed by atoms with Gasteiger partial charge in [0.25, 0.3) is 5.91 Å². The summed E-state index contributed by atoms with van der Waals surface area (Å²) in [6.07, 6.45) is 0. The molecule has 9 heteroatoms. The third-order valence-corrected chi connectivity index (χ3v) is 4.89. The van der Waals surface area contributed by atoms with Crippen molar-refractivity contribution in [1.82, 2.24) is 25.6 Å². The lowest BCUT2D eigenvalue weighted by Crippen LogP contribution is -2.42. The molecule has 0 aliphatic heterocycles. The summed E-state index contributed by atoms with van der Waals surface area (Å²) in [6, 6.07) is 16.0. The Morgan fingerprint density at radius 2 is 1.74 bits per heavy atom. The molecule has 0 radical (unpaired) electrons. The fourth-order valence-electron chi connectivity index (χ4n) is 2.25. The highest BCUT2D eigenvalue weighted by Crippen LogP contribution is 2.22. The van der Waals surface area contributed by atoms with Crippen molar-refractivity contribution in [3.05, 3.63) is 65.2 Å². The van der Waals surface area contributed by atoms with Crippen LogP contribution in [0.25, 0.3) is 11.4 Å². The van der Waals surface area contributed by atoms with E-state index in [1.165, 1.54) is 11.8 Å². The number of hydrogen-bond acceptors (Lipinski definition) is 5. The molecule has 2 aromatic carbocycles. The highest BCUT2D eigenvalue weighted by atomic mass is 35.5. The van der Waals surface area contributed by atoms with E-state index in [2.05, 4.69) is 21.0 Å². The first-order valence-electron chi connectivity index (χ1n) is 7.97. The molecular weight excluding hydrogens is 386 g/mol. The first kappa shape index (κ1) is 18.9. The number of amides is 2. The molecule has 2 amide bonds. The van der Waals surface area contributed by atoms with Crippen molar-refractivity contribution in [2.24, 2.45) is 7.05 Å². The van der Waals surface area contributed by atoms with Gasteiger partial charge < -0.3 is 4.57 Å². The fraction of sp³-hybridized carbons (Fsp3) is 0.111. The lowest BCUT2D eigenvalue weighted by atomic mass is 10.2. The van der Waals surface area contributed by atoms with E-state index in [0.717, 1.165) is 11.4 Å². The monoisotopic (exact) mass is 401 g/mol. The molecule has 0 atom stereocenters. The Balaban J connectivity index is 1.52. The number of rotatable bonds is 5. The molecule has 7 nitrogen and oxygen atoms in total. The van der Waals surface area contributed by atoms with Gasteiger partial charge in [-0.05, 0) is 24.3 Å². The van der Waals surface area contributed by atoms with E-state index in [9.17, 15) is 9.59 Å². The summed E-state index contributed by atoms with van der Waals surface area (Å²) in [7, 11) is 1.84. The van der Waals surface area contributed by atoms with Gasteiger partial charge in [0.2, 0.25) is 5.91 Å². The van der Waals surface area contributed by atoms with Gasteiger partial charge in [-0.2, -0.15) is 0 Å². The molecule has 27 heavy (non-hydrogen) atoms. The summed E-state index contributed by atoms with van der Waals surface area (Å²) in [5, 5.41) is 9.41. The van der Waals surface area contributed by atoms with Gasteiger partial charge >= 0.3 is 0 Å². The molecule has 3 rings (SSSR count). The molecule has 0 aliphatic carbocycles. The Morgan fingerprint density at radius 3 is 2.44 bits per heavy atom. The number of aromatic nitrogens is 3. The minimum Gasteiger partial charge on any atom is -0.305 e. The highest BCUT2D eigenvalue weighted by Gasteiger charge is 2.13. The number of hydrogen-bond donors (Lipinski definition) is 2. The predicted octanol–water partition coefficient (Wildman–Crippen LogP) is 2.69. The van der Waals surface area contributed by atoms with E-state index in [4.69, 9.17) is 11.6 Å². The number of halogens is 1. The van der Waals surface area contributed by atoms with Crippen LogP contribution in [0.2, 0.25) is 5.02 Å². The van der Waals surface area contributed by atoms with Gasteiger partial charge in [-0.15, -0.1) is 10.2 Å². The zero-order chi connectivity index (χ0) is 19.2. The van der Waals surface area contributed by atoms with Gasteiger partial charge in [-0.3, -0.25) is 20.4 Å². The zero-order valence-electron chi connectivity index (χ0n) is 14.3. The number of nitrogens with one attached hydrogen (secondary N) is 2. The number of carbonyl (C=O) groups is 2. The second kappa shape index (κ2) is 8.70. The lowest BCUT2D eigenvalue weighted by Gasteiger charge is -2.07. The fourth-order valence-corrected chi connectivity index (χ4v) is 3.08. The molecule has 138 valence electrons. The first-order chi connectivity index (χ1) is 13.0. The van der Waals surface area contributed by atoms with Gasteiger partial charge in [0.1, 0.15) is 0 Å². The molecule has 0 bridgehead atoms. The molecule has 0 saturated heterocycles. The summed E-state index contributed by atoms with van der Waals surface area (Å²) >= 11 is 7.01. The molecule has 0 fully saturated rings. The maximum absolute atomic E-state index is 12.0. The Morgan fingerprint density at radius 1 is 1.04 bits per heavy atom. The molecule has 1 aromatic heterocycles. The Bertz CT molecular complexity index is 944. The van der Waals surface area contributed by atoms with Crippen LogP contribution in [-0.4, -0.2) is 32.3 Å². The summed E-state index contributed by atoms with van der Waals surface area (Å²) in [6.45, 7) is 0. The molecule has 3 aromatic rings. The molecule has 0 unspecified atom stereocenters. The number of carbonyl (C=O) groups excluding carboxylic acids is 2. The number of thioether (sulfide) groups is 1. The standard InChI is InChI=1S/C18H16ClN5O2S/c1-24-16(12-5-3-2-4-6-12)21-23-18(24)27-11-15(25)20-22-17(26)13-7-9-14(19)10-8-13/h2-10H,11H2,1H3,(H,20,25)(H,22,26). The van der Waals surface area contributed by atoms with Crippen LogP contribution >= 0.6 is 23.4 Å². The Hall–Kier alpha value is -2.84. The summed E-state index contributed by atoms with van der Waals surface area (Å²) in [4.78, 5) is 23.9. The SMILES string of the molecule is Cn1c(SCC(=O)NNC(=O)c2ccc(Cl)cc2)nnc1-c1ccccc1. The van der Waals surface area contributed by atoms with E-state index in [1.54, 1.807) is 24.3 Å².